The van der Waals surface area contributed by atoms with Gasteiger partial charge < -0.3 is 31.6 Å². The maximum Gasteiger partial charge on any atom is 0.303 e. The molecule has 0 aliphatic carbocycles. The smallest absolute Gasteiger partial charge is 0.303 e. The van der Waals surface area contributed by atoms with Gasteiger partial charge in [0.05, 0.1) is 0 Å². The van der Waals surface area contributed by atoms with Crippen molar-refractivity contribution in [3.63, 3.8) is 0 Å². The number of rotatable bonds is 7. The Morgan fingerprint density at radius 1 is 1.12 bits per heavy atom. The van der Waals surface area contributed by atoms with Crippen molar-refractivity contribution in [3.05, 3.63) is 42.7 Å². The minimum atomic E-state index is -0.737. The van der Waals surface area contributed by atoms with Crippen molar-refractivity contribution >= 4 is 17.1 Å². The number of carboxylic acids is 1. The molecule has 1 aromatic carbocycles. The van der Waals surface area contributed by atoms with Gasteiger partial charge in [0.2, 0.25) is 5.89 Å². The van der Waals surface area contributed by atoms with Crippen LogP contribution in [0.2, 0.25) is 0 Å². The van der Waals surface area contributed by atoms with E-state index in [1.807, 2.05) is 24.5 Å². The van der Waals surface area contributed by atoms with E-state index in [4.69, 9.17) is 9.52 Å². The summed E-state index contributed by atoms with van der Waals surface area (Å²) in [4.78, 5) is 14.9. The summed E-state index contributed by atoms with van der Waals surface area (Å²) < 4.78 is 7.73. The van der Waals surface area contributed by atoms with Crippen molar-refractivity contribution in [2.24, 2.45) is 0 Å². The molecule has 2 N–H and O–H groups in total. The fraction of sp³-hybridized carbons (Fsp3) is 0.278. The number of fused-ring (bicyclic) bond motifs is 1. The summed E-state index contributed by atoms with van der Waals surface area (Å²) in [5.74, 6) is -0.0677. The Bertz CT molecular complexity index is 846. The van der Waals surface area contributed by atoms with Gasteiger partial charge in [-0.3, -0.25) is 4.79 Å². The Morgan fingerprint density at radius 2 is 1.88 bits per heavy atom. The number of oxazole rings is 1. The number of hydrogen-bond donors (Lipinski definition) is 2. The third-order valence-corrected chi connectivity index (χ3v) is 3.82. The lowest BCUT2D eigenvalue weighted by Gasteiger charge is -1.98. The molecular weight excluding hydrogens is 388 g/mol. The molecule has 0 aliphatic heterocycles. The van der Waals surface area contributed by atoms with E-state index >= 15 is 0 Å². The highest BCUT2D eigenvalue weighted by molar-refractivity contribution is 5.77. The van der Waals surface area contributed by atoms with Gasteiger partial charge in [0.15, 0.2) is 18.0 Å². The first-order chi connectivity index (χ1) is 11.6. The number of carboxylic acid groups (broad SMARTS) is 1. The predicted molar refractivity (Wildman–Crippen MR) is 87.4 cm³/mol. The molecule has 3 aromatic rings. The normalized spacial score (nSPS) is 10.6. The molecule has 0 amide bonds. The van der Waals surface area contributed by atoms with Crippen molar-refractivity contribution in [3.8, 4) is 17.2 Å². The van der Waals surface area contributed by atoms with Gasteiger partial charge in [-0.2, -0.15) is 0 Å². The van der Waals surface area contributed by atoms with E-state index in [0.29, 0.717) is 23.4 Å². The van der Waals surface area contributed by atoms with E-state index in [1.165, 1.54) is 0 Å². The Labute approximate surface area is 155 Å². The van der Waals surface area contributed by atoms with Crippen molar-refractivity contribution in [1.29, 1.82) is 0 Å². The molecule has 0 saturated carbocycles. The number of aromatic hydroxyl groups is 1. The molecular formula is C18H19BrN2O4. The number of carbonyl (C=O) groups is 1. The first-order valence-electron chi connectivity index (χ1n) is 7.93. The van der Waals surface area contributed by atoms with Crippen LogP contribution >= 0.6 is 0 Å². The lowest BCUT2D eigenvalue weighted by atomic mass is 10.2. The molecule has 2 aromatic heterocycles. The maximum atomic E-state index is 10.5. The number of phenols is 1. The Balaban J connectivity index is 0.00000225. The van der Waals surface area contributed by atoms with Crippen LogP contribution in [-0.2, 0) is 11.3 Å². The average Bonchev–Trinajstić information content (AvgIpc) is 2.98. The minimum Gasteiger partial charge on any atom is -1.00 e. The summed E-state index contributed by atoms with van der Waals surface area (Å²) in [5, 5.41) is 18.1. The summed E-state index contributed by atoms with van der Waals surface area (Å²) in [7, 11) is 0. The van der Waals surface area contributed by atoms with Gasteiger partial charge in [0.1, 0.15) is 17.8 Å². The number of phenolic OH excluding ortho intramolecular Hbond substituents is 1. The van der Waals surface area contributed by atoms with E-state index in [-0.39, 0.29) is 29.2 Å². The van der Waals surface area contributed by atoms with Crippen molar-refractivity contribution in [1.82, 2.24) is 4.98 Å². The lowest BCUT2D eigenvalue weighted by molar-refractivity contribution is -0.697. The average molecular weight is 407 g/mol. The number of unbranched alkanes of at least 4 members (excludes halogenated alkanes) is 2. The molecule has 25 heavy (non-hydrogen) atoms. The molecule has 0 aliphatic rings. The topological polar surface area (TPSA) is 87.4 Å². The molecule has 0 atom stereocenters. The Morgan fingerprint density at radius 3 is 2.60 bits per heavy atom. The van der Waals surface area contributed by atoms with Gasteiger partial charge in [-0.05, 0) is 25.0 Å². The van der Waals surface area contributed by atoms with Crippen LogP contribution in [0.5, 0.6) is 5.75 Å². The van der Waals surface area contributed by atoms with Crippen molar-refractivity contribution < 1.29 is 41.0 Å². The van der Waals surface area contributed by atoms with Crippen LogP contribution in [0.25, 0.3) is 22.6 Å². The van der Waals surface area contributed by atoms with E-state index in [0.717, 1.165) is 24.9 Å². The number of benzene rings is 1. The second-order valence-electron chi connectivity index (χ2n) is 5.70. The van der Waals surface area contributed by atoms with Crippen LogP contribution < -0.4 is 21.5 Å². The fourth-order valence-corrected chi connectivity index (χ4v) is 2.53. The number of aromatic nitrogens is 2. The van der Waals surface area contributed by atoms with Crippen LogP contribution in [0.3, 0.4) is 0 Å². The third-order valence-electron chi connectivity index (χ3n) is 3.82. The van der Waals surface area contributed by atoms with Crippen LogP contribution in [0, 0.1) is 0 Å². The molecule has 0 bridgehead atoms. The molecule has 3 rings (SSSR count). The summed E-state index contributed by atoms with van der Waals surface area (Å²) in [6.45, 7) is 0.849. The largest absolute Gasteiger partial charge is 1.00 e. The van der Waals surface area contributed by atoms with Gasteiger partial charge in [-0.25, -0.2) is 9.55 Å². The zero-order valence-corrected chi connectivity index (χ0v) is 15.1. The van der Waals surface area contributed by atoms with Crippen LogP contribution in [0.1, 0.15) is 25.7 Å². The third kappa shape index (κ3) is 5.03. The van der Waals surface area contributed by atoms with E-state index in [9.17, 15) is 9.90 Å². The monoisotopic (exact) mass is 406 g/mol. The zero-order valence-electron chi connectivity index (χ0n) is 13.6. The molecule has 6 nitrogen and oxygen atoms in total. The number of pyridine rings is 1. The molecule has 0 spiro atoms. The zero-order chi connectivity index (χ0) is 16.9. The number of hydrogen-bond acceptors (Lipinski definition) is 4. The molecule has 0 radical (unpaired) electrons. The highest BCUT2D eigenvalue weighted by Crippen LogP contribution is 2.25. The maximum absolute atomic E-state index is 10.5. The Kier molecular flexibility index (Phi) is 6.52. The molecule has 2 heterocycles. The van der Waals surface area contributed by atoms with E-state index < -0.39 is 5.97 Å². The van der Waals surface area contributed by atoms with E-state index in [2.05, 4.69) is 9.55 Å². The van der Waals surface area contributed by atoms with Gasteiger partial charge in [-0.1, -0.05) is 0 Å². The number of nitrogens with zero attached hydrogens (tertiary/aromatic N) is 2. The Hall–Kier alpha value is -2.41. The molecule has 7 heteroatoms. The summed E-state index contributed by atoms with van der Waals surface area (Å²) in [5.41, 5.74) is 2.13. The summed E-state index contributed by atoms with van der Waals surface area (Å²) in [6, 6.07) is 8.71. The second kappa shape index (κ2) is 8.62. The van der Waals surface area contributed by atoms with Crippen molar-refractivity contribution in [2.45, 2.75) is 32.2 Å². The lowest BCUT2D eigenvalue weighted by Crippen LogP contribution is -3.00. The molecule has 0 unspecified atom stereocenters. The van der Waals surface area contributed by atoms with Gasteiger partial charge in [0, 0.05) is 36.6 Å². The van der Waals surface area contributed by atoms with Gasteiger partial charge >= 0.3 is 5.97 Å². The number of aryl methyl sites for hydroxylation is 1. The summed E-state index contributed by atoms with van der Waals surface area (Å²) >= 11 is 0. The van der Waals surface area contributed by atoms with Crippen molar-refractivity contribution in [2.75, 3.05) is 0 Å². The molecule has 0 fully saturated rings. The number of aliphatic carboxylic acids is 1. The fourth-order valence-electron chi connectivity index (χ4n) is 2.53. The van der Waals surface area contributed by atoms with Crippen LogP contribution in [0.4, 0.5) is 0 Å². The quantitative estimate of drug-likeness (QED) is 0.430. The standard InChI is InChI=1S/C18H18N2O4.BrH/c21-14-5-6-15-16(12-14)24-18(19-15)13-7-10-20(11-8-13)9-3-1-2-4-17(22)23;/h5-8,10-12H,1-4,9H2,(H,22,23);1H. The molecule has 0 saturated heterocycles. The predicted octanol–water partition coefficient (Wildman–Crippen LogP) is 0.137. The first-order valence-corrected chi connectivity index (χ1v) is 7.93. The second-order valence-corrected chi connectivity index (χ2v) is 5.70. The SMILES string of the molecule is O=C(O)CCCCC[n+]1ccc(-c2nc3ccc(O)cc3o2)cc1.[Br-]. The van der Waals surface area contributed by atoms with Crippen LogP contribution in [-0.4, -0.2) is 21.2 Å². The van der Waals surface area contributed by atoms with Crippen LogP contribution in [0.15, 0.2) is 47.1 Å². The highest BCUT2D eigenvalue weighted by atomic mass is 79.9. The first kappa shape index (κ1) is 18.9. The van der Waals surface area contributed by atoms with Gasteiger partial charge in [-0.15, -0.1) is 0 Å². The minimum absolute atomic E-state index is 0. The number of halogens is 1. The highest BCUT2D eigenvalue weighted by Gasteiger charge is 2.10. The summed E-state index contributed by atoms with van der Waals surface area (Å²) in [6.07, 6.45) is 6.70. The van der Waals surface area contributed by atoms with E-state index in [1.54, 1.807) is 18.2 Å². The molecule has 132 valence electrons. The van der Waals surface area contributed by atoms with Gasteiger partial charge in [0.25, 0.3) is 0 Å².